The van der Waals surface area contributed by atoms with Crippen LogP contribution in [0.3, 0.4) is 0 Å². The number of nitrogens with zero attached hydrogens (tertiary/aromatic N) is 2. The maximum atomic E-state index is 5.90. The van der Waals surface area contributed by atoms with Gasteiger partial charge in [0.05, 0.1) is 5.69 Å². The molecule has 1 aliphatic rings. The Balaban J connectivity index is 1.95. The fourth-order valence-corrected chi connectivity index (χ4v) is 3.84. The second-order valence-corrected chi connectivity index (χ2v) is 6.77. The Kier molecular flexibility index (Phi) is 3.73. The van der Waals surface area contributed by atoms with Crippen LogP contribution in [0.4, 0.5) is 5.69 Å². The molecule has 4 rings (SSSR count). The Bertz CT molecular complexity index is 968. The van der Waals surface area contributed by atoms with E-state index in [1.54, 1.807) is 0 Å². The maximum Gasteiger partial charge on any atom is 0.200 e. The van der Waals surface area contributed by atoms with Gasteiger partial charge < -0.3 is 5.73 Å². The fraction of sp³-hybridized carbons (Fsp3) is 0.263. The summed E-state index contributed by atoms with van der Waals surface area (Å²) in [6.45, 7) is 2.05. The fourth-order valence-electron chi connectivity index (χ4n) is 3.61. The highest BCUT2D eigenvalue weighted by atomic mass is 32.1. The second-order valence-electron chi connectivity index (χ2n) is 6.38. The van der Waals surface area contributed by atoms with E-state index in [9.17, 15) is 0 Å². The van der Waals surface area contributed by atoms with Gasteiger partial charge in [-0.2, -0.15) is 5.10 Å². The van der Waals surface area contributed by atoms with Gasteiger partial charge in [-0.25, -0.2) is 0 Å². The summed E-state index contributed by atoms with van der Waals surface area (Å²) in [7, 11) is 0. The number of aromatic amines is 1. The molecule has 122 valence electrons. The first-order chi connectivity index (χ1) is 11.6. The van der Waals surface area contributed by atoms with E-state index in [-0.39, 0.29) is 0 Å². The smallest absolute Gasteiger partial charge is 0.200 e. The quantitative estimate of drug-likeness (QED) is 0.540. The van der Waals surface area contributed by atoms with Gasteiger partial charge in [0, 0.05) is 11.3 Å². The van der Waals surface area contributed by atoms with E-state index >= 15 is 0 Å². The zero-order chi connectivity index (χ0) is 16.7. The molecule has 0 amide bonds. The largest absolute Gasteiger partial charge is 0.399 e. The zero-order valence-corrected chi connectivity index (χ0v) is 14.5. The molecule has 0 bridgehead atoms. The summed E-state index contributed by atoms with van der Waals surface area (Å²) in [6, 6.07) is 12.4. The highest BCUT2D eigenvalue weighted by molar-refractivity contribution is 7.71. The number of rotatable bonds is 2. The van der Waals surface area contributed by atoms with E-state index < -0.39 is 0 Å². The number of nitrogens with two attached hydrogens (primary N) is 1. The van der Waals surface area contributed by atoms with Crippen molar-refractivity contribution in [3.63, 3.8) is 0 Å². The summed E-state index contributed by atoms with van der Waals surface area (Å²) in [5, 5.41) is 7.47. The van der Waals surface area contributed by atoms with Crippen molar-refractivity contribution in [2.75, 3.05) is 5.73 Å². The van der Waals surface area contributed by atoms with Crippen LogP contribution in [0.15, 0.2) is 36.4 Å². The van der Waals surface area contributed by atoms with E-state index in [4.69, 9.17) is 18.0 Å². The highest BCUT2D eigenvalue weighted by Gasteiger charge is 2.19. The Labute approximate surface area is 146 Å². The summed E-state index contributed by atoms with van der Waals surface area (Å²) in [6.07, 6.45) is 4.73. The molecule has 5 heteroatoms. The highest BCUT2D eigenvalue weighted by Crippen LogP contribution is 2.31. The molecule has 1 aromatic heterocycles. The van der Waals surface area contributed by atoms with Crippen molar-refractivity contribution in [2.45, 2.75) is 32.6 Å². The van der Waals surface area contributed by atoms with Crippen molar-refractivity contribution in [3.05, 3.63) is 57.9 Å². The summed E-state index contributed by atoms with van der Waals surface area (Å²) in [5.41, 5.74) is 12.8. The van der Waals surface area contributed by atoms with Gasteiger partial charge in [0.1, 0.15) is 0 Å². The molecule has 1 heterocycles. The summed E-state index contributed by atoms with van der Waals surface area (Å²) < 4.78 is 2.69. The second kappa shape index (κ2) is 5.91. The third-order valence-electron chi connectivity index (χ3n) is 4.78. The van der Waals surface area contributed by atoms with Crippen molar-refractivity contribution in [2.24, 2.45) is 0 Å². The average Bonchev–Trinajstić information content (AvgIpc) is 2.95. The number of benzene rings is 2. The molecular formula is C19H20N4S. The Morgan fingerprint density at radius 1 is 1.17 bits per heavy atom. The van der Waals surface area contributed by atoms with Gasteiger partial charge in [-0.05, 0) is 85.8 Å². The molecule has 0 spiro atoms. The van der Waals surface area contributed by atoms with Gasteiger partial charge in [-0.3, -0.25) is 9.67 Å². The number of H-pyrrole nitrogens is 1. The van der Waals surface area contributed by atoms with Crippen LogP contribution < -0.4 is 5.73 Å². The van der Waals surface area contributed by atoms with Gasteiger partial charge >= 0.3 is 0 Å². The van der Waals surface area contributed by atoms with Crippen LogP contribution in [-0.2, 0) is 12.8 Å². The van der Waals surface area contributed by atoms with E-state index in [2.05, 4.69) is 33.0 Å². The molecule has 2 aromatic carbocycles. The predicted octanol–water partition coefficient (Wildman–Crippen LogP) is 4.37. The number of aryl methyl sites for hydroxylation is 2. The van der Waals surface area contributed by atoms with Crippen LogP contribution in [-0.4, -0.2) is 14.8 Å². The molecule has 3 aromatic rings. The molecule has 4 nitrogen and oxygen atoms in total. The van der Waals surface area contributed by atoms with Gasteiger partial charge in [-0.1, -0.05) is 12.1 Å². The Hall–Kier alpha value is -2.40. The Morgan fingerprint density at radius 2 is 2.00 bits per heavy atom. The number of nitrogens with one attached hydrogen (secondary N) is 1. The lowest BCUT2D eigenvalue weighted by atomic mass is 9.90. The molecule has 0 fully saturated rings. The molecule has 3 N–H and O–H groups in total. The molecule has 1 aliphatic carbocycles. The molecule has 24 heavy (non-hydrogen) atoms. The van der Waals surface area contributed by atoms with Gasteiger partial charge in [-0.15, -0.1) is 0 Å². The van der Waals surface area contributed by atoms with Crippen molar-refractivity contribution < 1.29 is 0 Å². The number of hydrogen-bond acceptors (Lipinski definition) is 3. The molecule has 0 atom stereocenters. The topological polar surface area (TPSA) is 59.6 Å². The first-order valence-corrected chi connectivity index (χ1v) is 8.71. The predicted molar refractivity (Wildman–Crippen MR) is 100.0 cm³/mol. The van der Waals surface area contributed by atoms with Crippen molar-refractivity contribution in [1.82, 2.24) is 14.8 Å². The van der Waals surface area contributed by atoms with Gasteiger partial charge in [0.2, 0.25) is 0 Å². The Morgan fingerprint density at radius 3 is 2.83 bits per heavy atom. The standard InChI is InChI=1S/C19H20N4S/c1-12-11-14(20)9-10-15(12)18-21-22-19(24)23(18)17-8-4-6-13-5-2-3-7-16(13)17/h4,6,8-11H,2-3,5,7,20H2,1H3,(H,22,24). The van der Waals surface area contributed by atoms with Crippen LogP contribution in [0.2, 0.25) is 0 Å². The van der Waals surface area contributed by atoms with Crippen LogP contribution in [0.5, 0.6) is 0 Å². The number of fused-ring (bicyclic) bond motifs is 1. The SMILES string of the molecule is Cc1cc(N)ccc1-c1n[nH]c(=S)n1-c1cccc2c1CCCC2. The number of aromatic nitrogens is 3. The number of hydrogen-bond donors (Lipinski definition) is 2. The minimum atomic E-state index is 0.625. The minimum absolute atomic E-state index is 0.625. The lowest BCUT2D eigenvalue weighted by Crippen LogP contribution is -2.09. The van der Waals surface area contributed by atoms with Gasteiger partial charge in [0.15, 0.2) is 10.6 Å². The lowest BCUT2D eigenvalue weighted by Gasteiger charge is -2.20. The van der Waals surface area contributed by atoms with E-state index in [1.807, 2.05) is 25.1 Å². The third kappa shape index (κ3) is 2.45. The normalized spacial score (nSPS) is 13.7. The summed E-state index contributed by atoms with van der Waals surface area (Å²) in [5.74, 6) is 0.844. The minimum Gasteiger partial charge on any atom is -0.399 e. The first-order valence-electron chi connectivity index (χ1n) is 8.30. The zero-order valence-electron chi connectivity index (χ0n) is 13.7. The van der Waals surface area contributed by atoms with Crippen molar-refractivity contribution >= 4 is 17.9 Å². The van der Waals surface area contributed by atoms with E-state index in [1.165, 1.54) is 24.0 Å². The first kappa shape index (κ1) is 15.1. The average molecular weight is 336 g/mol. The monoisotopic (exact) mass is 336 g/mol. The molecule has 0 radical (unpaired) electrons. The summed E-state index contributed by atoms with van der Waals surface area (Å²) >= 11 is 5.55. The van der Waals surface area contributed by atoms with Crippen molar-refractivity contribution in [3.8, 4) is 17.1 Å². The third-order valence-corrected chi connectivity index (χ3v) is 5.05. The van der Waals surface area contributed by atoms with Crippen LogP contribution in [0, 0.1) is 11.7 Å². The summed E-state index contributed by atoms with van der Waals surface area (Å²) in [4.78, 5) is 0. The van der Waals surface area contributed by atoms with Crippen LogP contribution in [0.25, 0.3) is 17.1 Å². The molecule has 0 unspecified atom stereocenters. The van der Waals surface area contributed by atoms with E-state index in [0.717, 1.165) is 41.2 Å². The van der Waals surface area contributed by atoms with Gasteiger partial charge in [0.25, 0.3) is 0 Å². The number of anilines is 1. The van der Waals surface area contributed by atoms with E-state index in [0.29, 0.717) is 4.77 Å². The van der Waals surface area contributed by atoms with Crippen molar-refractivity contribution in [1.29, 1.82) is 0 Å². The molecule has 0 saturated carbocycles. The lowest BCUT2D eigenvalue weighted by molar-refractivity contribution is 0.681. The maximum absolute atomic E-state index is 5.90. The molecule has 0 saturated heterocycles. The molecule has 0 aliphatic heterocycles. The number of nitrogen functional groups attached to an aromatic ring is 1. The molecular weight excluding hydrogens is 316 g/mol. The van der Waals surface area contributed by atoms with Crippen LogP contribution >= 0.6 is 12.2 Å². The van der Waals surface area contributed by atoms with Crippen LogP contribution in [0.1, 0.15) is 29.5 Å².